The molecule has 0 aliphatic rings. The number of methoxy groups -OCH3 is 1. The third-order valence-electron chi connectivity index (χ3n) is 2.67. The molecule has 0 spiro atoms. The van der Waals surface area contributed by atoms with Gasteiger partial charge in [0, 0.05) is 17.1 Å². The van der Waals surface area contributed by atoms with E-state index in [2.05, 4.69) is 31.2 Å². The number of nitrogens with zero attached hydrogens (tertiary/aromatic N) is 2. The minimum atomic E-state index is -0.440. The average Bonchev–Trinajstić information content (AvgIpc) is 2.42. The molecule has 2 rings (SSSR count). The predicted molar refractivity (Wildman–Crippen MR) is 76.0 cm³/mol. The van der Waals surface area contributed by atoms with Gasteiger partial charge in [-0.25, -0.2) is 14.4 Å². The summed E-state index contributed by atoms with van der Waals surface area (Å²) in [7, 11) is 3.21. The minimum absolute atomic E-state index is 0.178. The molecule has 1 aromatic carbocycles. The molecule has 0 radical (unpaired) electrons. The lowest BCUT2D eigenvalue weighted by atomic mass is 10.2. The van der Waals surface area contributed by atoms with E-state index in [0.29, 0.717) is 17.3 Å². The van der Waals surface area contributed by atoms with Crippen molar-refractivity contribution in [2.75, 3.05) is 19.5 Å². The maximum absolute atomic E-state index is 13.7. The third-order valence-corrected chi connectivity index (χ3v) is 3.36. The number of ether oxygens (including phenoxy) is 1. The van der Waals surface area contributed by atoms with Crippen molar-refractivity contribution >= 4 is 21.7 Å². The van der Waals surface area contributed by atoms with Crippen LogP contribution in [0.25, 0.3) is 11.4 Å². The summed E-state index contributed by atoms with van der Waals surface area (Å²) in [6.07, 6.45) is 0. The van der Waals surface area contributed by atoms with Gasteiger partial charge >= 0.3 is 0 Å². The first kappa shape index (κ1) is 13.7. The molecule has 1 aromatic heterocycles. The molecular formula is C13H13BrFN3O. The van der Waals surface area contributed by atoms with Crippen LogP contribution in [0.2, 0.25) is 0 Å². The Morgan fingerprint density at radius 3 is 2.68 bits per heavy atom. The number of benzene rings is 1. The van der Waals surface area contributed by atoms with Gasteiger partial charge in [-0.15, -0.1) is 0 Å². The highest BCUT2D eigenvalue weighted by Crippen LogP contribution is 2.31. The summed E-state index contributed by atoms with van der Waals surface area (Å²) in [5.41, 5.74) is 1.04. The smallest absolute Gasteiger partial charge is 0.186 e. The van der Waals surface area contributed by atoms with Crippen molar-refractivity contribution in [1.29, 1.82) is 0 Å². The highest BCUT2D eigenvalue weighted by atomic mass is 79.9. The predicted octanol–water partition coefficient (Wildman–Crippen LogP) is 3.40. The molecule has 100 valence electrons. The van der Waals surface area contributed by atoms with Gasteiger partial charge in [0.1, 0.15) is 5.75 Å². The molecule has 0 aliphatic carbocycles. The van der Waals surface area contributed by atoms with Crippen LogP contribution in [-0.2, 0) is 0 Å². The zero-order valence-electron chi connectivity index (χ0n) is 10.8. The molecule has 0 atom stereocenters. The first-order valence-electron chi connectivity index (χ1n) is 5.62. The Morgan fingerprint density at radius 1 is 1.32 bits per heavy atom. The Balaban J connectivity index is 2.61. The summed E-state index contributed by atoms with van der Waals surface area (Å²) in [5, 5.41) is 2.72. The van der Waals surface area contributed by atoms with E-state index in [1.54, 1.807) is 27.1 Å². The number of halogens is 2. The van der Waals surface area contributed by atoms with Crippen LogP contribution in [0, 0.1) is 12.7 Å². The second-order valence-electron chi connectivity index (χ2n) is 3.89. The summed E-state index contributed by atoms with van der Waals surface area (Å²) in [5.74, 6) is 0.867. The summed E-state index contributed by atoms with van der Waals surface area (Å²) < 4.78 is 19.7. The SMILES string of the molecule is CNc1nc(-c2cc(OC)ccc2Br)nc(C)c1F. The lowest BCUT2D eigenvalue weighted by Gasteiger charge is -2.10. The number of rotatable bonds is 3. The van der Waals surface area contributed by atoms with Crippen LogP contribution in [0.1, 0.15) is 5.69 Å². The fourth-order valence-electron chi connectivity index (χ4n) is 1.65. The van der Waals surface area contributed by atoms with Gasteiger partial charge < -0.3 is 10.1 Å². The Labute approximate surface area is 119 Å². The van der Waals surface area contributed by atoms with Crippen molar-refractivity contribution in [1.82, 2.24) is 9.97 Å². The highest BCUT2D eigenvalue weighted by molar-refractivity contribution is 9.10. The molecule has 0 aliphatic heterocycles. The summed E-state index contributed by atoms with van der Waals surface area (Å²) in [6.45, 7) is 1.61. The first-order valence-corrected chi connectivity index (χ1v) is 6.42. The van der Waals surface area contributed by atoms with Gasteiger partial charge in [-0.1, -0.05) is 15.9 Å². The molecule has 0 saturated heterocycles. The molecule has 2 aromatic rings. The van der Waals surface area contributed by atoms with E-state index in [0.717, 1.165) is 10.0 Å². The van der Waals surface area contributed by atoms with Gasteiger partial charge in [-0.3, -0.25) is 0 Å². The molecule has 0 unspecified atom stereocenters. The highest BCUT2D eigenvalue weighted by Gasteiger charge is 2.14. The van der Waals surface area contributed by atoms with Crippen molar-refractivity contribution in [3.63, 3.8) is 0 Å². The number of hydrogen-bond donors (Lipinski definition) is 1. The first-order chi connectivity index (χ1) is 9.06. The molecule has 0 bridgehead atoms. The van der Waals surface area contributed by atoms with E-state index in [1.165, 1.54) is 0 Å². The summed E-state index contributed by atoms with van der Waals surface area (Å²) >= 11 is 3.44. The lowest BCUT2D eigenvalue weighted by Crippen LogP contribution is -2.03. The molecule has 19 heavy (non-hydrogen) atoms. The Kier molecular flexibility index (Phi) is 3.99. The Morgan fingerprint density at radius 2 is 2.05 bits per heavy atom. The number of nitrogens with one attached hydrogen (secondary N) is 1. The minimum Gasteiger partial charge on any atom is -0.497 e. The van der Waals surface area contributed by atoms with Crippen LogP contribution in [-0.4, -0.2) is 24.1 Å². The van der Waals surface area contributed by atoms with E-state index >= 15 is 0 Å². The largest absolute Gasteiger partial charge is 0.497 e. The van der Waals surface area contributed by atoms with Gasteiger partial charge in [0.2, 0.25) is 0 Å². The zero-order chi connectivity index (χ0) is 14.0. The van der Waals surface area contributed by atoms with Gasteiger partial charge in [-0.05, 0) is 25.1 Å². The second kappa shape index (κ2) is 5.52. The number of hydrogen-bond acceptors (Lipinski definition) is 4. The second-order valence-corrected chi connectivity index (χ2v) is 4.75. The van der Waals surface area contributed by atoms with Crippen molar-refractivity contribution in [2.24, 2.45) is 0 Å². The lowest BCUT2D eigenvalue weighted by molar-refractivity contribution is 0.415. The normalized spacial score (nSPS) is 10.4. The van der Waals surface area contributed by atoms with E-state index in [-0.39, 0.29) is 5.82 Å². The van der Waals surface area contributed by atoms with Crippen LogP contribution < -0.4 is 10.1 Å². The number of aromatic nitrogens is 2. The molecule has 1 heterocycles. The van der Waals surface area contributed by atoms with Crippen molar-refractivity contribution in [3.8, 4) is 17.1 Å². The topological polar surface area (TPSA) is 47.0 Å². The van der Waals surface area contributed by atoms with Crippen LogP contribution in [0.3, 0.4) is 0 Å². The van der Waals surface area contributed by atoms with Gasteiger partial charge in [-0.2, -0.15) is 0 Å². The van der Waals surface area contributed by atoms with Crippen molar-refractivity contribution in [3.05, 3.63) is 34.2 Å². The van der Waals surface area contributed by atoms with Gasteiger partial charge in [0.15, 0.2) is 17.5 Å². The molecule has 0 amide bonds. The van der Waals surface area contributed by atoms with E-state index < -0.39 is 5.82 Å². The van der Waals surface area contributed by atoms with Gasteiger partial charge in [0.25, 0.3) is 0 Å². The fourth-order valence-corrected chi connectivity index (χ4v) is 2.07. The molecule has 1 N–H and O–H groups in total. The quantitative estimate of drug-likeness (QED) is 0.939. The Bertz CT molecular complexity index is 619. The molecule has 0 fully saturated rings. The van der Waals surface area contributed by atoms with Crippen molar-refractivity contribution in [2.45, 2.75) is 6.92 Å². The average molecular weight is 326 g/mol. The van der Waals surface area contributed by atoms with E-state index in [9.17, 15) is 4.39 Å². The Hall–Kier alpha value is -1.69. The maximum atomic E-state index is 13.7. The molecule has 6 heteroatoms. The molecule has 0 saturated carbocycles. The molecule has 4 nitrogen and oxygen atoms in total. The van der Waals surface area contributed by atoms with Crippen LogP contribution in [0.15, 0.2) is 22.7 Å². The molecular weight excluding hydrogens is 313 g/mol. The summed E-state index contributed by atoms with van der Waals surface area (Å²) in [4.78, 5) is 8.35. The fraction of sp³-hybridized carbons (Fsp3) is 0.231. The standard InChI is InChI=1S/C13H13BrFN3O/c1-7-11(15)13(16-2)18-12(17-7)9-6-8(19-3)4-5-10(9)14/h4-6H,1-3H3,(H,16,17,18). The van der Waals surface area contributed by atoms with E-state index in [1.807, 2.05) is 12.1 Å². The summed E-state index contributed by atoms with van der Waals surface area (Å²) in [6, 6.07) is 5.47. The third kappa shape index (κ3) is 2.68. The number of aryl methyl sites for hydroxylation is 1. The van der Waals surface area contributed by atoms with Crippen LogP contribution in [0.4, 0.5) is 10.2 Å². The van der Waals surface area contributed by atoms with Crippen LogP contribution >= 0.6 is 15.9 Å². The monoisotopic (exact) mass is 325 g/mol. The van der Waals surface area contributed by atoms with Crippen molar-refractivity contribution < 1.29 is 9.13 Å². The van der Waals surface area contributed by atoms with Crippen LogP contribution in [0.5, 0.6) is 5.75 Å². The number of anilines is 1. The van der Waals surface area contributed by atoms with Gasteiger partial charge in [0.05, 0.1) is 12.8 Å². The zero-order valence-corrected chi connectivity index (χ0v) is 12.4. The van der Waals surface area contributed by atoms with E-state index in [4.69, 9.17) is 4.74 Å². The maximum Gasteiger partial charge on any atom is 0.186 e.